The maximum Gasteiger partial charge on any atom is 0.0661 e. The van der Waals surface area contributed by atoms with Crippen molar-refractivity contribution in [2.45, 2.75) is 26.2 Å². The van der Waals surface area contributed by atoms with Crippen molar-refractivity contribution in [3.63, 3.8) is 0 Å². The molecular formula is C16H22Si3. The van der Waals surface area contributed by atoms with Gasteiger partial charge in [-0.3, -0.25) is 0 Å². The first-order chi connectivity index (χ1) is 8.92. The summed E-state index contributed by atoms with van der Waals surface area (Å²) in [6.07, 6.45) is 0. The fourth-order valence-electron chi connectivity index (χ4n) is 2.64. The predicted molar refractivity (Wildman–Crippen MR) is 92.9 cm³/mol. The molecule has 2 aromatic rings. The zero-order valence-corrected chi connectivity index (χ0v) is 15.3. The zero-order valence-electron chi connectivity index (χ0n) is 12.3. The van der Waals surface area contributed by atoms with Gasteiger partial charge in [-0.15, -0.1) is 0 Å². The Bertz CT molecular complexity index is 469. The van der Waals surface area contributed by atoms with Crippen LogP contribution in [0.4, 0.5) is 0 Å². The predicted octanol–water partition coefficient (Wildman–Crippen LogP) is 2.92. The summed E-state index contributed by atoms with van der Waals surface area (Å²) >= 11 is 0. The van der Waals surface area contributed by atoms with Gasteiger partial charge in [-0.05, 0) is 0 Å². The van der Waals surface area contributed by atoms with Gasteiger partial charge in [0.2, 0.25) is 0 Å². The van der Waals surface area contributed by atoms with E-state index in [2.05, 4.69) is 86.9 Å². The molecule has 98 valence electrons. The fraction of sp³-hybridized carbons (Fsp3) is 0.250. The molecule has 0 aliphatic heterocycles. The van der Waals surface area contributed by atoms with Gasteiger partial charge in [0, 0.05) is 8.55 Å². The van der Waals surface area contributed by atoms with Crippen molar-refractivity contribution in [2.24, 2.45) is 0 Å². The molecule has 0 bridgehead atoms. The summed E-state index contributed by atoms with van der Waals surface area (Å²) in [5.41, 5.74) is 0. The third-order valence-electron chi connectivity index (χ3n) is 3.62. The highest BCUT2D eigenvalue weighted by Crippen LogP contribution is 2.10. The third-order valence-corrected chi connectivity index (χ3v) is 25.2. The van der Waals surface area contributed by atoms with E-state index in [1.807, 2.05) is 0 Å². The van der Waals surface area contributed by atoms with Gasteiger partial charge in [0.05, 0.1) is 15.2 Å². The van der Waals surface area contributed by atoms with Crippen LogP contribution in [0.15, 0.2) is 60.7 Å². The quantitative estimate of drug-likeness (QED) is 0.762. The molecule has 2 aromatic carbocycles. The lowest BCUT2D eigenvalue weighted by atomic mass is 10.4. The Morgan fingerprint density at radius 2 is 0.895 bits per heavy atom. The molecule has 0 spiro atoms. The Morgan fingerprint density at radius 1 is 0.579 bits per heavy atom. The van der Waals surface area contributed by atoms with Gasteiger partial charge in [0.25, 0.3) is 0 Å². The number of hydrogen-bond donors (Lipinski definition) is 0. The smallest absolute Gasteiger partial charge is 0.0661 e. The van der Waals surface area contributed by atoms with Crippen LogP contribution in [0.2, 0.25) is 26.2 Å². The van der Waals surface area contributed by atoms with Crippen LogP contribution in [0.1, 0.15) is 0 Å². The van der Waals surface area contributed by atoms with Gasteiger partial charge in [0.15, 0.2) is 0 Å². The van der Waals surface area contributed by atoms with E-state index >= 15 is 0 Å². The van der Waals surface area contributed by atoms with Crippen LogP contribution in [0, 0.1) is 0 Å². The molecule has 2 radical (unpaired) electrons. The molecule has 3 heteroatoms. The van der Waals surface area contributed by atoms with Crippen molar-refractivity contribution in [1.29, 1.82) is 0 Å². The van der Waals surface area contributed by atoms with E-state index in [1.165, 1.54) is 0 Å². The second-order valence-corrected chi connectivity index (χ2v) is 24.5. The molecule has 0 aromatic heterocycles. The summed E-state index contributed by atoms with van der Waals surface area (Å²) in [6.45, 7) is 10.1. The van der Waals surface area contributed by atoms with Gasteiger partial charge in [0.1, 0.15) is 0 Å². The molecular weight excluding hydrogens is 276 g/mol. The van der Waals surface area contributed by atoms with E-state index in [-0.39, 0.29) is 0 Å². The Balaban J connectivity index is 2.25. The van der Waals surface area contributed by atoms with E-state index < -0.39 is 15.2 Å². The number of benzene rings is 2. The minimum Gasteiger partial charge on any atom is -0.0680 e. The lowest BCUT2D eigenvalue weighted by molar-refractivity contribution is 1.72. The van der Waals surface area contributed by atoms with E-state index in [0.29, 0.717) is 0 Å². The van der Waals surface area contributed by atoms with Crippen LogP contribution in [-0.4, -0.2) is 23.7 Å². The van der Waals surface area contributed by atoms with Crippen LogP contribution in [-0.2, 0) is 0 Å². The van der Waals surface area contributed by atoms with Gasteiger partial charge >= 0.3 is 0 Å². The number of hydrogen-bond acceptors (Lipinski definition) is 0. The fourth-order valence-corrected chi connectivity index (χ4v) is 29.8. The summed E-state index contributed by atoms with van der Waals surface area (Å²) in [5, 5.41) is 3.20. The summed E-state index contributed by atoms with van der Waals surface area (Å²) < 4.78 is 0. The topological polar surface area (TPSA) is 0 Å². The standard InChI is InChI=1S/C16H22Si3/c1-18(2,15-11-7-5-8-12-15)17-19(3,4)16-13-9-6-10-14-16/h5-14H,1-4H3. The molecule has 0 aliphatic carbocycles. The highest BCUT2D eigenvalue weighted by atomic mass is 29.6. The molecule has 0 aliphatic rings. The van der Waals surface area contributed by atoms with Gasteiger partial charge in [-0.2, -0.15) is 0 Å². The molecule has 19 heavy (non-hydrogen) atoms. The summed E-state index contributed by atoms with van der Waals surface area (Å²) in [6, 6.07) is 22.3. The van der Waals surface area contributed by atoms with Crippen molar-refractivity contribution in [3.05, 3.63) is 60.7 Å². The van der Waals surface area contributed by atoms with Crippen molar-refractivity contribution in [3.8, 4) is 0 Å². The van der Waals surface area contributed by atoms with Gasteiger partial charge in [-0.25, -0.2) is 0 Å². The average molecular weight is 299 g/mol. The molecule has 0 fully saturated rings. The second kappa shape index (κ2) is 5.61. The molecule has 0 atom stereocenters. The monoisotopic (exact) mass is 298 g/mol. The first-order valence-corrected chi connectivity index (χ1v) is 15.8. The largest absolute Gasteiger partial charge is 0.0680 e. The Labute approximate surface area is 121 Å². The highest BCUT2D eigenvalue weighted by Gasteiger charge is 2.35. The maximum atomic E-state index is 2.53. The molecule has 0 saturated carbocycles. The molecule has 2 rings (SSSR count). The van der Waals surface area contributed by atoms with Gasteiger partial charge in [-0.1, -0.05) is 97.2 Å². The summed E-state index contributed by atoms with van der Waals surface area (Å²) in [5.74, 6) is 0. The van der Waals surface area contributed by atoms with Crippen LogP contribution >= 0.6 is 0 Å². The normalized spacial score (nSPS) is 12.4. The highest BCUT2D eigenvalue weighted by molar-refractivity contribution is 7.58. The molecule has 0 unspecified atom stereocenters. The first-order valence-electron chi connectivity index (χ1n) is 6.82. The van der Waals surface area contributed by atoms with Gasteiger partial charge < -0.3 is 0 Å². The van der Waals surface area contributed by atoms with Crippen LogP contribution in [0.25, 0.3) is 0 Å². The van der Waals surface area contributed by atoms with Crippen molar-refractivity contribution < 1.29 is 0 Å². The van der Waals surface area contributed by atoms with E-state index in [4.69, 9.17) is 0 Å². The van der Waals surface area contributed by atoms with Crippen LogP contribution in [0.3, 0.4) is 0 Å². The third kappa shape index (κ3) is 3.55. The second-order valence-electron chi connectivity index (χ2n) is 6.11. The van der Waals surface area contributed by atoms with Crippen molar-refractivity contribution in [1.82, 2.24) is 0 Å². The van der Waals surface area contributed by atoms with Crippen molar-refractivity contribution >= 4 is 34.1 Å². The van der Waals surface area contributed by atoms with E-state index in [1.54, 1.807) is 10.4 Å². The average Bonchev–Trinajstić information content (AvgIpc) is 2.40. The van der Waals surface area contributed by atoms with Crippen molar-refractivity contribution in [2.75, 3.05) is 0 Å². The lowest BCUT2D eigenvalue weighted by Gasteiger charge is -2.32. The minimum atomic E-state index is -1.31. The van der Waals surface area contributed by atoms with E-state index in [0.717, 1.165) is 8.55 Å². The zero-order chi connectivity index (χ0) is 13.9. The molecule has 0 N–H and O–H groups in total. The maximum absolute atomic E-state index is 2.53. The minimum absolute atomic E-state index is 1.12. The Kier molecular flexibility index (Phi) is 4.28. The SMILES string of the molecule is C[Si](C)([Si][Si](C)(C)c1ccccc1)c1ccccc1. The molecule has 0 saturated heterocycles. The lowest BCUT2D eigenvalue weighted by Crippen LogP contribution is -2.62. The summed E-state index contributed by atoms with van der Waals surface area (Å²) in [4.78, 5) is 0. The van der Waals surface area contributed by atoms with Crippen LogP contribution in [0.5, 0.6) is 0 Å². The summed E-state index contributed by atoms with van der Waals surface area (Å²) in [7, 11) is -1.50. The Morgan fingerprint density at radius 3 is 1.21 bits per heavy atom. The first kappa shape index (κ1) is 14.5. The molecule has 0 amide bonds. The molecule has 0 heterocycles. The molecule has 0 nitrogen and oxygen atoms in total. The number of rotatable bonds is 4. The van der Waals surface area contributed by atoms with E-state index in [9.17, 15) is 0 Å². The van der Waals surface area contributed by atoms with Crippen LogP contribution < -0.4 is 10.4 Å². The Hall–Kier alpha value is -0.909.